The number of nitrogens with one attached hydrogen (secondary N) is 2. The summed E-state index contributed by atoms with van der Waals surface area (Å²) in [7, 11) is 1.88. The molecule has 0 bridgehead atoms. The van der Waals surface area contributed by atoms with E-state index in [1.54, 1.807) is 34.4 Å². The van der Waals surface area contributed by atoms with Crippen LogP contribution in [0.15, 0.2) is 98.0 Å². The van der Waals surface area contributed by atoms with Crippen molar-refractivity contribution < 1.29 is 4.79 Å². The molecule has 1 fully saturated rings. The molecule has 0 spiro atoms. The van der Waals surface area contributed by atoms with Crippen LogP contribution < -0.4 is 15.5 Å². The highest BCUT2D eigenvalue weighted by Crippen LogP contribution is 2.30. The van der Waals surface area contributed by atoms with Gasteiger partial charge in [-0.05, 0) is 55.5 Å². The van der Waals surface area contributed by atoms with Gasteiger partial charge in [0.25, 0.3) is 0 Å². The number of anilines is 2. The molecule has 1 saturated carbocycles. The van der Waals surface area contributed by atoms with Gasteiger partial charge in [0.1, 0.15) is 17.5 Å². The summed E-state index contributed by atoms with van der Waals surface area (Å²) < 4.78 is 3.65. The predicted molar refractivity (Wildman–Crippen MR) is 178 cm³/mol. The summed E-state index contributed by atoms with van der Waals surface area (Å²) in [5.41, 5.74) is 5.52. The van der Waals surface area contributed by atoms with Crippen LogP contribution in [-0.2, 0) is 13.6 Å². The van der Waals surface area contributed by atoms with Gasteiger partial charge >= 0.3 is 6.03 Å². The van der Waals surface area contributed by atoms with Gasteiger partial charge in [0.05, 0.1) is 23.7 Å². The van der Waals surface area contributed by atoms with Gasteiger partial charge in [-0.1, -0.05) is 30.3 Å². The molecule has 5 aromatic heterocycles. The number of fused-ring (bicyclic) bond motifs is 1. The van der Waals surface area contributed by atoms with E-state index in [4.69, 9.17) is 9.97 Å². The fourth-order valence-electron chi connectivity index (χ4n) is 6.06. The first-order chi connectivity index (χ1) is 23.0. The van der Waals surface area contributed by atoms with E-state index in [-0.39, 0.29) is 18.1 Å². The number of nitrogens with zero attached hydrogens (tertiary/aromatic N) is 9. The van der Waals surface area contributed by atoms with E-state index in [0.29, 0.717) is 29.6 Å². The van der Waals surface area contributed by atoms with Gasteiger partial charge in [0.15, 0.2) is 0 Å². The van der Waals surface area contributed by atoms with E-state index in [9.17, 15) is 10.1 Å². The van der Waals surface area contributed by atoms with Gasteiger partial charge < -0.3 is 15.0 Å². The van der Waals surface area contributed by atoms with Crippen LogP contribution in [0.5, 0.6) is 0 Å². The molecule has 0 unspecified atom stereocenters. The number of hydrogen-bond acceptors (Lipinski definition) is 8. The summed E-state index contributed by atoms with van der Waals surface area (Å²) in [6, 6.07) is 19.7. The van der Waals surface area contributed by atoms with Crippen molar-refractivity contribution in [3.8, 4) is 28.5 Å². The maximum atomic E-state index is 13.7. The summed E-state index contributed by atoms with van der Waals surface area (Å²) in [5.74, 6) is 1.08. The van der Waals surface area contributed by atoms with Crippen molar-refractivity contribution in [1.82, 2.24) is 39.4 Å². The first-order valence-electron chi connectivity index (χ1n) is 15.6. The number of aryl methyl sites for hydroxylation is 1. The quantitative estimate of drug-likeness (QED) is 0.223. The van der Waals surface area contributed by atoms with Crippen molar-refractivity contribution in [3.63, 3.8) is 0 Å². The average molecular weight is 624 g/mol. The Morgan fingerprint density at radius 3 is 2.51 bits per heavy atom. The molecule has 2 N–H and O–H groups in total. The molecule has 0 atom stereocenters. The Kier molecular flexibility index (Phi) is 8.25. The third-order valence-corrected chi connectivity index (χ3v) is 8.50. The largest absolute Gasteiger partial charge is 0.351 e. The first-order valence-corrected chi connectivity index (χ1v) is 15.6. The van der Waals surface area contributed by atoms with Crippen LogP contribution >= 0.6 is 0 Å². The highest BCUT2D eigenvalue weighted by molar-refractivity contribution is 5.91. The molecule has 234 valence electrons. The van der Waals surface area contributed by atoms with Crippen molar-refractivity contribution >= 4 is 23.4 Å². The van der Waals surface area contributed by atoms with Crippen LogP contribution in [-0.4, -0.2) is 52.2 Å². The lowest BCUT2D eigenvalue weighted by Gasteiger charge is -2.36. The summed E-state index contributed by atoms with van der Waals surface area (Å²) in [6.45, 7) is 0.424. The number of pyridine rings is 2. The number of hydrogen-bond donors (Lipinski definition) is 2. The second-order valence-electron chi connectivity index (χ2n) is 11.7. The van der Waals surface area contributed by atoms with Gasteiger partial charge in [0.2, 0.25) is 5.95 Å². The highest BCUT2D eigenvalue weighted by atomic mass is 16.2. The maximum absolute atomic E-state index is 13.7. The van der Waals surface area contributed by atoms with Gasteiger partial charge in [0, 0.05) is 73.4 Å². The lowest BCUT2D eigenvalue weighted by Crippen LogP contribution is -2.49. The normalized spacial score (nSPS) is 16.0. The number of rotatable bonds is 8. The molecule has 1 aliphatic rings. The smallest absolute Gasteiger partial charge is 0.323 e. The van der Waals surface area contributed by atoms with Crippen LogP contribution in [0.3, 0.4) is 0 Å². The zero-order valence-corrected chi connectivity index (χ0v) is 25.9. The van der Waals surface area contributed by atoms with Gasteiger partial charge in [-0.25, -0.2) is 24.7 Å². The Balaban J connectivity index is 1.07. The topological polar surface area (TPSA) is 142 Å². The van der Waals surface area contributed by atoms with E-state index in [2.05, 4.69) is 31.8 Å². The number of imidazole rings is 1. The second-order valence-corrected chi connectivity index (χ2v) is 11.7. The van der Waals surface area contributed by atoms with Crippen molar-refractivity contribution in [2.75, 3.05) is 10.2 Å². The average Bonchev–Trinajstić information content (AvgIpc) is 3.77. The minimum atomic E-state index is -0.179. The second kappa shape index (κ2) is 13.1. The number of aromatic nitrogens is 7. The van der Waals surface area contributed by atoms with Crippen molar-refractivity contribution in [2.24, 2.45) is 7.05 Å². The number of urea groups is 1. The van der Waals surface area contributed by atoms with Crippen LogP contribution in [0.4, 0.5) is 16.6 Å². The molecular formula is C35H33N11O. The third kappa shape index (κ3) is 6.50. The zero-order valence-electron chi connectivity index (χ0n) is 25.9. The summed E-state index contributed by atoms with van der Waals surface area (Å²) in [5, 5.41) is 20.6. The van der Waals surface area contributed by atoms with Gasteiger partial charge in [-0.3, -0.25) is 9.58 Å². The van der Waals surface area contributed by atoms with Crippen LogP contribution in [0.1, 0.15) is 36.8 Å². The molecule has 47 heavy (non-hydrogen) atoms. The fourth-order valence-corrected chi connectivity index (χ4v) is 6.06. The summed E-state index contributed by atoms with van der Waals surface area (Å²) in [4.78, 5) is 33.8. The van der Waals surface area contributed by atoms with Gasteiger partial charge in [-0.2, -0.15) is 10.4 Å². The molecule has 0 radical (unpaired) electrons. The van der Waals surface area contributed by atoms with E-state index >= 15 is 0 Å². The van der Waals surface area contributed by atoms with E-state index in [0.717, 1.165) is 53.6 Å². The number of amides is 2. The SMILES string of the molecule is Cn1cc(-c2ccc(N(C(=O)NCc3ccccc3)C3CCC(Nc4ncc(C#N)c(-c5ccc6nccn6c5)n4)CC3)nc2)cn1. The van der Waals surface area contributed by atoms with Crippen molar-refractivity contribution in [2.45, 2.75) is 44.3 Å². The van der Waals surface area contributed by atoms with Crippen LogP contribution in [0, 0.1) is 11.3 Å². The Morgan fingerprint density at radius 1 is 0.936 bits per heavy atom. The standard InChI is InChI=1S/C35H33N11O/c1-44-22-28(21-41-44)25-7-14-32(38-19-25)46(35(47)40-18-24-5-3-2-4-6-24)30-11-9-29(10-12-30)42-34-39-20-27(17-36)33(43-34)26-8-13-31-37-15-16-45(31)23-26/h2-8,13-16,19-23,29-30H,9-12,18H2,1H3,(H,40,47)(H,39,42,43). The fraction of sp³-hybridized carbons (Fsp3) is 0.229. The number of benzene rings is 1. The Hall–Kier alpha value is -6.09. The van der Waals surface area contributed by atoms with Crippen molar-refractivity contribution in [3.05, 3.63) is 109 Å². The molecule has 7 rings (SSSR count). The number of carbonyl (C=O) groups is 1. The number of carbonyl (C=O) groups excluding carboxylic acids is 1. The molecular weight excluding hydrogens is 590 g/mol. The minimum absolute atomic E-state index is 0.0417. The Morgan fingerprint density at radius 2 is 1.77 bits per heavy atom. The summed E-state index contributed by atoms with van der Waals surface area (Å²) in [6.07, 6.45) is 15.7. The molecule has 0 aliphatic heterocycles. The molecule has 5 heterocycles. The molecule has 12 heteroatoms. The molecule has 0 saturated heterocycles. The number of nitriles is 1. The van der Waals surface area contributed by atoms with E-state index < -0.39 is 0 Å². The van der Waals surface area contributed by atoms with E-state index in [1.807, 2.05) is 84.6 Å². The first kappa shape index (κ1) is 29.6. The predicted octanol–water partition coefficient (Wildman–Crippen LogP) is 5.60. The molecule has 1 aromatic carbocycles. The van der Waals surface area contributed by atoms with Crippen molar-refractivity contribution in [1.29, 1.82) is 5.26 Å². The lowest BCUT2D eigenvalue weighted by atomic mass is 9.90. The molecule has 6 aromatic rings. The van der Waals surface area contributed by atoms with Crippen LogP contribution in [0.25, 0.3) is 28.0 Å². The van der Waals surface area contributed by atoms with Gasteiger partial charge in [-0.15, -0.1) is 0 Å². The van der Waals surface area contributed by atoms with Crippen LogP contribution in [0.2, 0.25) is 0 Å². The zero-order chi connectivity index (χ0) is 32.2. The summed E-state index contributed by atoms with van der Waals surface area (Å²) >= 11 is 0. The minimum Gasteiger partial charge on any atom is -0.351 e. The highest BCUT2D eigenvalue weighted by Gasteiger charge is 2.31. The third-order valence-electron chi connectivity index (χ3n) is 8.50. The van der Waals surface area contributed by atoms with E-state index in [1.165, 1.54) is 0 Å². The molecule has 1 aliphatic carbocycles. The molecule has 2 amide bonds. The Labute approximate surface area is 271 Å². The monoisotopic (exact) mass is 623 g/mol. The lowest BCUT2D eigenvalue weighted by molar-refractivity contribution is 0.240. The molecule has 12 nitrogen and oxygen atoms in total. The maximum Gasteiger partial charge on any atom is 0.323 e. The Bertz CT molecular complexity index is 2040.